The number of methoxy groups -OCH3 is 1. The predicted molar refractivity (Wildman–Crippen MR) is 47.6 cm³/mol. The predicted octanol–water partition coefficient (Wildman–Crippen LogP) is -0.349. The van der Waals surface area contributed by atoms with Gasteiger partial charge in [0, 0.05) is 27.0 Å². The molecule has 0 aromatic rings. The maximum absolute atomic E-state index is 10.7. The van der Waals surface area contributed by atoms with E-state index in [2.05, 4.69) is 5.32 Å². The first-order chi connectivity index (χ1) is 6.70. The number of amides is 1. The fraction of sp³-hybridized carbons (Fsp3) is 0.889. The Balaban J connectivity index is 1.79. The Kier molecular flexibility index (Phi) is 2.71. The number of carbonyl (C=O) groups is 1. The number of hydrogen-bond donors (Lipinski definition) is 1. The molecule has 2 fully saturated rings. The first kappa shape index (κ1) is 9.89. The molecule has 5 nitrogen and oxygen atoms in total. The first-order valence-corrected chi connectivity index (χ1v) is 4.79. The van der Waals surface area contributed by atoms with Gasteiger partial charge in [0.1, 0.15) is 6.10 Å². The summed E-state index contributed by atoms with van der Waals surface area (Å²) in [5.74, 6) is -0.0404. The summed E-state index contributed by atoms with van der Waals surface area (Å²) >= 11 is 0. The maximum atomic E-state index is 10.7. The van der Waals surface area contributed by atoms with E-state index in [1.165, 1.54) is 6.92 Å². The highest BCUT2D eigenvalue weighted by Gasteiger charge is 2.51. The molecule has 0 unspecified atom stereocenters. The molecule has 80 valence electrons. The van der Waals surface area contributed by atoms with Crippen LogP contribution in [0.5, 0.6) is 0 Å². The molecule has 0 bridgehead atoms. The summed E-state index contributed by atoms with van der Waals surface area (Å²) in [6.07, 6.45) is 0.936. The molecule has 0 aliphatic carbocycles. The van der Waals surface area contributed by atoms with E-state index in [9.17, 15) is 4.79 Å². The van der Waals surface area contributed by atoms with Crippen molar-refractivity contribution in [1.82, 2.24) is 5.32 Å². The van der Waals surface area contributed by atoms with Gasteiger partial charge in [0.2, 0.25) is 5.91 Å². The topological polar surface area (TPSA) is 60.1 Å². The molecular formula is C9H15NO4. The zero-order chi connectivity index (χ0) is 10.1. The second kappa shape index (κ2) is 3.84. The third-order valence-corrected chi connectivity index (χ3v) is 2.52. The van der Waals surface area contributed by atoms with Crippen LogP contribution in [0.4, 0.5) is 0 Å². The third-order valence-electron chi connectivity index (χ3n) is 2.52. The molecular weight excluding hydrogens is 186 g/mol. The lowest BCUT2D eigenvalue weighted by Crippen LogP contribution is -2.41. The van der Waals surface area contributed by atoms with Gasteiger partial charge in [-0.05, 0) is 0 Å². The minimum absolute atomic E-state index is 0.00704. The van der Waals surface area contributed by atoms with Crippen LogP contribution < -0.4 is 5.32 Å². The zero-order valence-electron chi connectivity index (χ0n) is 8.36. The van der Waals surface area contributed by atoms with E-state index in [-0.39, 0.29) is 30.5 Å². The molecule has 2 saturated heterocycles. The molecule has 2 aliphatic heterocycles. The van der Waals surface area contributed by atoms with Gasteiger partial charge in [-0.2, -0.15) is 0 Å². The van der Waals surface area contributed by atoms with Crippen molar-refractivity contribution in [1.29, 1.82) is 0 Å². The Hall–Kier alpha value is -0.650. The highest BCUT2D eigenvalue weighted by molar-refractivity contribution is 5.72. The average Bonchev–Trinajstić information content (AvgIpc) is 2.91. The van der Waals surface area contributed by atoms with Gasteiger partial charge < -0.3 is 19.5 Å². The van der Waals surface area contributed by atoms with Crippen molar-refractivity contribution in [2.75, 3.05) is 13.7 Å². The van der Waals surface area contributed by atoms with Crippen molar-refractivity contribution < 1.29 is 19.0 Å². The number of carbonyl (C=O) groups excluding carboxylic acids is 1. The summed E-state index contributed by atoms with van der Waals surface area (Å²) in [5, 5.41) is 2.72. The van der Waals surface area contributed by atoms with Crippen molar-refractivity contribution in [2.24, 2.45) is 0 Å². The average molecular weight is 201 g/mol. The van der Waals surface area contributed by atoms with Crippen molar-refractivity contribution in [3.8, 4) is 0 Å². The number of fused-ring (bicyclic) bond motifs is 1. The summed E-state index contributed by atoms with van der Waals surface area (Å²) in [6, 6.07) is 0. The molecule has 0 spiro atoms. The van der Waals surface area contributed by atoms with Crippen LogP contribution in [0.25, 0.3) is 0 Å². The van der Waals surface area contributed by atoms with E-state index in [0.717, 1.165) is 6.42 Å². The van der Waals surface area contributed by atoms with E-state index in [0.29, 0.717) is 6.54 Å². The Morgan fingerprint density at radius 2 is 2.36 bits per heavy atom. The summed E-state index contributed by atoms with van der Waals surface area (Å²) in [5.41, 5.74) is 0. The Labute approximate surface area is 82.7 Å². The van der Waals surface area contributed by atoms with Crippen LogP contribution in [-0.2, 0) is 19.0 Å². The molecule has 2 heterocycles. The summed E-state index contributed by atoms with van der Waals surface area (Å²) in [6.45, 7) is 2.02. The van der Waals surface area contributed by atoms with Gasteiger partial charge in [-0.25, -0.2) is 0 Å². The smallest absolute Gasteiger partial charge is 0.216 e. The van der Waals surface area contributed by atoms with Gasteiger partial charge in [0.25, 0.3) is 0 Å². The Morgan fingerprint density at radius 3 is 3.00 bits per heavy atom. The summed E-state index contributed by atoms with van der Waals surface area (Å²) < 4.78 is 16.1. The molecule has 1 amide bonds. The SMILES string of the molecule is CO[C@H]1O[C@H](CNC(C)=O)C[C@H]2O[C@@H]12. The van der Waals surface area contributed by atoms with Crippen LogP contribution in [0.15, 0.2) is 0 Å². The lowest BCUT2D eigenvalue weighted by Gasteiger charge is -2.26. The van der Waals surface area contributed by atoms with Gasteiger partial charge in [-0.15, -0.1) is 0 Å². The first-order valence-electron chi connectivity index (χ1n) is 4.79. The lowest BCUT2D eigenvalue weighted by molar-refractivity contribution is -0.172. The van der Waals surface area contributed by atoms with Gasteiger partial charge in [-0.1, -0.05) is 0 Å². The summed E-state index contributed by atoms with van der Waals surface area (Å²) in [7, 11) is 1.60. The minimum Gasteiger partial charge on any atom is -0.364 e. The van der Waals surface area contributed by atoms with Crippen LogP contribution in [0, 0.1) is 0 Å². The fourth-order valence-electron chi connectivity index (χ4n) is 1.75. The normalized spacial score (nSPS) is 40.1. The molecule has 0 radical (unpaired) electrons. The van der Waals surface area contributed by atoms with Crippen LogP contribution in [0.2, 0.25) is 0 Å². The van der Waals surface area contributed by atoms with Gasteiger partial charge in [0.05, 0.1) is 12.2 Å². The molecule has 5 heteroatoms. The van der Waals surface area contributed by atoms with Crippen molar-refractivity contribution >= 4 is 5.91 Å². The van der Waals surface area contributed by atoms with E-state index in [4.69, 9.17) is 14.2 Å². The minimum atomic E-state index is -0.271. The largest absolute Gasteiger partial charge is 0.364 e. The quantitative estimate of drug-likeness (QED) is 0.634. The van der Waals surface area contributed by atoms with Crippen LogP contribution >= 0.6 is 0 Å². The van der Waals surface area contributed by atoms with E-state index < -0.39 is 0 Å². The fourth-order valence-corrected chi connectivity index (χ4v) is 1.75. The highest BCUT2D eigenvalue weighted by Crippen LogP contribution is 2.37. The number of hydrogen-bond acceptors (Lipinski definition) is 4. The van der Waals surface area contributed by atoms with Crippen molar-refractivity contribution in [2.45, 2.75) is 37.9 Å². The molecule has 0 aromatic carbocycles. The van der Waals surface area contributed by atoms with Gasteiger partial charge >= 0.3 is 0 Å². The molecule has 2 aliphatic rings. The molecule has 0 aromatic heterocycles. The van der Waals surface area contributed by atoms with Crippen LogP contribution in [0.1, 0.15) is 13.3 Å². The number of ether oxygens (including phenoxy) is 3. The van der Waals surface area contributed by atoms with Gasteiger partial charge in [-0.3, -0.25) is 4.79 Å². The standard InChI is InChI=1S/C9H15NO4/c1-5(11)10-4-6-3-7-8(14-7)9(12-2)13-6/h6-9H,3-4H2,1-2H3,(H,10,11)/t6-,7+,8+,9-/m0/s1. The van der Waals surface area contributed by atoms with E-state index in [1.54, 1.807) is 7.11 Å². The van der Waals surface area contributed by atoms with Crippen LogP contribution in [-0.4, -0.2) is 44.2 Å². The zero-order valence-corrected chi connectivity index (χ0v) is 8.36. The van der Waals surface area contributed by atoms with E-state index >= 15 is 0 Å². The third kappa shape index (κ3) is 2.05. The number of nitrogens with one attached hydrogen (secondary N) is 1. The Bertz CT molecular complexity index is 233. The molecule has 4 atom stereocenters. The number of rotatable bonds is 3. The molecule has 1 N–H and O–H groups in total. The van der Waals surface area contributed by atoms with Crippen molar-refractivity contribution in [3.63, 3.8) is 0 Å². The second-order valence-corrected chi connectivity index (χ2v) is 3.67. The molecule has 2 rings (SSSR count). The van der Waals surface area contributed by atoms with Crippen LogP contribution in [0.3, 0.4) is 0 Å². The molecule has 14 heavy (non-hydrogen) atoms. The highest BCUT2D eigenvalue weighted by atomic mass is 16.7. The lowest BCUT2D eigenvalue weighted by atomic mass is 10.1. The number of epoxide rings is 1. The summed E-state index contributed by atoms with van der Waals surface area (Å²) in [4.78, 5) is 10.7. The van der Waals surface area contributed by atoms with Crippen molar-refractivity contribution in [3.05, 3.63) is 0 Å². The van der Waals surface area contributed by atoms with Gasteiger partial charge in [0.15, 0.2) is 6.29 Å². The Morgan fingerprint density at radius 1 is 1.57 bits per heavy atom. The monoisotopic (exact) mass is 201 g/mol. The molecule has 0 saturated carbocycles. The van der Waals surface area contributed by atoms with E-state index in [1.807, 2.05) is 0 Å². The second-order valence-electron chi connectivity index (χ2n) is 3.67. The maximum Gasteiger partial charge on any atom is 0.216 e.